The number of carbonyl (C=O) groups excluding carboxylic acids is 2. The highest BCUT2D eigenvalue weighted by Gasteiger charge is 2.25. The number of hydrogen-bond donors (Lipinski definition) is 2. The second-order valence-electron chi connectivity index (χ2n) is 7.19. The summed E-state index contributed by atoms with van der Waals surface area (Å²) < 4.78 is 7.13. The normalized spacial score (nSPS) is 11.6. The third-order valence-electron chi connectivity index (χ3n) is 5.26. The van der Waals surface area contributed by atoms with Crippen molar-refractivity contribution in [2.24, 2.45) is 7.05 Å². The number of imidazole rings is 1. The Balaban J connectivity index is 1.87. The fourth-order valence-corrected chi connectivity index (χ4v) is 3.54. The van der Waals surface area contributed by atoms with Crippen molar-refractivity contribution in [2.45, 2.75) is 32.7 Å². The highest BCUT2D eigenvalue weighted by molar-refractivity contribution is 6.39. The fourth-order valence-electron chi connectivity index (χ4n) is 3.54. The van der Waals surface area contributed by atoms with E-state index in [4.69, 9.17) is 4.74 Å². The summed E-state index contributed by atoms with van der Waals surface area (Å²) in [5.74, 6) is -0.182. The average Bonchev–Trinajstić information content (AvgIpc) is 3.22. The van der Waals surface area contributed by atoms with Gasteiger partial charge in [-0.3, -0.25) is 9.59 Å². The number of para-hydroxylation sites is 1. The van der Waals surface area contributed by atoms with Crippen molar-refractivity contribution >= 4 is 17.5 Å². The van der Waals surface area contributed by atoms with Gasteiger partial charge in [-0.2, -0.15) is 0 Å². The molecule has 3 rings (SSSR count). The number of aryl methyl sites for hydroxylation is 3. The van der Waals surface area contributed by atoms with Crippen LogP contribution in [0.4, 0.5) is 5.69 Å². The molecule has 0 fully saturated rings. The van der Waals surface area contributed by atoms with Crippen LogP contribution in [0.2, 0.25) is 0 Å². The fraction of sp³-hybridized carbons (Fsp3) is 0.292. The molecule has 31 heavy (non-hydrogen) atoms. The van der Waals surface area contributed by atoms with Gasteiger partial charge < -0.3 is 19.9 Å². The molecule has 0 aliphatic heterocycles. The molecule has 0 saturated carbocycles. The summed E-state index contributed by atoms with van der Waals surface area (Å²) in [6.45, 7) is 4.04. The predicted molar refractivity (Wildman–Crippen MR) is 120 cm³/mol. The molecule has 2 aromatic carbocycles. The van der Waals surface area contributed by atoms with Crippen molar-refractivity contribution in [3.8, 4) is 5.75 Å². The van der Waals surface area contributed by atoms with Gasteiger partial charge in [-0.1, -0.05) is 44.2 Å². The van der Waals surface area contributed by atoms with E-state index in [0.717, 1.165) is 29.5 Å². The molecule has 1 atom stereocenters. The number of hydrogen-bond acceptors (Lipinski definition) is 4. The zero-order chi connectivity index (χ0) is 22.4. The van der Waals surface area contributed by atoms with Crippen LogP contribution < -0.4 is 15.4 Å². The van der Waals surface area contributed by atoms with Crippen LogP contribution in [0.15, 0.2) is 54.9 Å². The van der Waals surface area contributed by atoms with E-state index in [1.54, 1.807) is 19.5 Å². The van der Waals surface area contributed by atoms with Gasteiger partial charge in [0.2, 0.25) is 0 Å². The molecule has 162 valence electrons. The Morgan fingerprint density at radius 2 is 1.74 bits per heavy atom. The Morgan fingerprint density at radius 1 is 1.06 bits per heavy atom. The predicted octanol–water partition coefficient (Wildman–Crippen LogP) is 3.40. The smallest absolute Gasteiger partial charge is 0.313 e. The second-order valence-corrected chi connectivity index (χ2v) is 7.19. The van der Waals surface area contributed by atoms with Crippen LogP contribution in [-0.4, -0.2) is 28.5 Å². The van der Waals surface area contributed by atoms with Crippen LogP contribution in [-0.2, 0) is 29.5 Å². The van der Waals surface area contributed by atoms with E-state index in [2.05, 4.69) is 15.6 Å². The highest BCUT2D eigenvalue weighted by Crippen LogP contribution is 2.25. The van der Waals surface area contributed by atoms with Gasteiger partial charge in [-0.05, 0) is 41.7 Å². The van der Waals surface area contributed by atoms with Crippen LogP contribution in [0.25, 0.3) is 0 Å². The Bertz CT molecular complexity index is 1050. The third kappa shape index (κ3) is 4.94. The summed E-state index contributed by atoms with van der Waals surface area (Å²) in [6.07, 6.45) is 4.95. The lowest BCUT2D eigenvalue weighted by Crippen LogP contribution is -2.39. The number of rotatable bonds is 7. The molecule has 0 aliphatic carbocycles. The van der Waals surface area contributed by atoms with Crippen LogP contribution >= 0.6 is 0 Å². The maximum absolute atomic E-state index is 12.9. The second kappa shape index (κ2) is 9.93. The van der Waals surface area contributed by atoms with Crippen LogP contribution in [0.1, 0.15) is 42.4 Å². The molecule has 3 aromatic rings. The van der Waals surface area contributed by atoms with E-state index in [1.807, 2.05) is 67.9 Å². The van der Waals surface area contributed by atoms with Crippen molar-refractivity contribution in [3.05, 3.63) is 77.4 Å². The van der Waals surface area contributed by atoms with Crippen molar-refractivity contribution in [1.29, 1.82) is 0 Å². The maximum atomic E-state index is 12.9. The summed E-state index contributed by atoms with van der Waals surface area (Å²) in [6, 6.07) is 12.6. The monoisotopic (exact) mass is 420 g/mol. The standard InChI is InChI=1S/C24H28N4O3/c1-5-16-9-7-10-17(6-2)20(16)26-23(29)24(30)27-21(22-25-13-14-28(22)3)18-11-8-12-19(15-18)31-4/h7-15,21H,5-6H2,1-4H3,(H,26,29)(H,27,30)/t21-/m0/s1. The van der Waals surface area contributed by atoms with Crippen molar-refractivity contribution in [3.63, 3.8) is 0 Å². The van der Waals surface area contributed by atoms with Crippen LogP contribution in [0, 0.1) is 0 Å². The zero-order valence-electron chi connectivity index (χ0n) is 18.3. The molecule has 7 heteroatoms. The number of ether oxygens (including phenoxy) is 1. The zero-order valence-corrected chi connectivity index (χ0v) is 18.3. The molecule has 0 unspecified atom stereocenters. The molecule has 0 saturated heterocycles. The van der Waals surface area contributed by atoms with E-state index in [0.29, 0.717) is 17.3 Å². The molecule has 2 N–H and O–H groups in total. The van der Waals surface area contributed by atoms with E-state index < -0.39 is 17.9 Å². The highest BCUT2D eigenvalue weighted by atomic mass is 16.5. The minimum Gasteiger partial charge on any atom is -0.497 e. The first-order chi connectivity index (χ1) is 15.0. The molecular formula is C24H28N4O3. The topological polar surface area (TPSA) is 85.2 Å². The Morgan fingerprint density at radius 3 is 2.32 bits per heavy atom. The molecule has 0 aliphatic rings. The lowest BCUT2D eigenvalue weighted by Gasteiger charge is -2.20. The van der Waals surface area contributed by atoms with Crippen molar-refractivity contribution in [2.75, 3.05) is 12.4 Å². The molecule has 0 spiro atoms. The summed E-state index contributed by atoms with van der Waals surface area (Å²) in [5.41, 5.74) is 3.46. The largest absolute Gasteiger partial charge is 0.497 e. The Labute approximate surface area is 182 Å². The first-order valence-corrected chi connectivity index (χ1v) is 10.3. The number of amides is 2. The van der Waals surface area contributed by atoms with Gasteiger partial charge in [-0.25, -0.2) is 4.98 Å². The van der Waals surface area contributed by atoms with Gasteiger partial charge in [0.25, 0.3) is 0 Å². The van der Waals surface area contributed by atoms with Gasteiger partial charge in [-0.15, -0.1) is 0 Å². The number of methoxy groups -OCH3 is 1. The molecule has 2 amide bonds. The summed E-state index contributed by atoms with van der Waals surface area (Å²) in [4.78, 5) is 30.1. The number of anilines is 1. The first-order valence-electron chi connectivity index (χ1n) is 10.3. The number of nitrogens with zero attached hydrogens (tertiary/aromatic N) is 2. The van der Waals surface area contributed by atoms with E-state index in [1.165, 1.54) is 0 Å². The molecule has 1 aromatic heterocycles. The first kappa shape index (κ1) is 22.1. The molecular weight excluding hydrogens is 392 g/mol. The minimum atomic E-state index is -0.733. The quantitative estimate of drug-likeness (QED) is 0.574. The van der Waals surface area contributed by atoms with Gasteiger partial charge in [0.05, 0.1) is 7.11 Å². The van der Waals surface area contributed by atoms with E-state index >= 15 is 0 Å². The third-order valence-corrected chi connectivity index (χ3v) is 5.26. The minimum absolute atomic E-state index is 0.609. The van der Waals surface area contributed by atoms with Gasteiger partial charge in [0, 0.05) is 25.1 Å². The number of benzene rings is 2. The lowest BCUT2D eigenvalue weighted by atomic mass is 10.0. The van der Waals surface area contributed by atoms with Crippen molar-refractivity contribution < 1.29 is 14.3 Å². The number of nitrogens with one attached hydrogen (secondary N) is 2. The lowest BCUT2D eigenvalue weighted by molar-refractivity contribution is -0.136. The average molecular weight is 421 g/mol. The molecule has 0 radical (unpaired) electrons. The Hall–Kier alpha value is -3.61. The summed E-state index contributed by atoms with van der Waals surface area (Å²) in [5, 5.41) is 5.65. The van der Waals surface area contributed by atoms with Gasteiger partial charge in [0.1, 0.15) is 17.6 Å². The van der Waals surface area contributed by atoms with E-state index in [9.17, 15) is 9.59 Å². The molecule has 1 heterocycles. The number of aromatic nitrogens is 2. The number of carbonyl (C=O) groups is 2. The van der Waals surface area contributed by atoms with Crippen LogP contribution in [0.3, 0.4) is 0 Å². The van der Waals surface area contributed by atoms with Gasteiger partial charge >= 0.3 is 11.8 Å². The van der Waals surface area contributed by atoms with Crippen LogP contribution in [0.5, 0.6) is 5.75 Å². The summed E-state index contributed by atoms with van der Waals surface area (Å²) >= 11 is 0. The SMILES string of the molecule is CCc1cccc(CC)c1NC(=O)C(=O)N[C@@H](c1cccc(OC)c1)c1nccn1C. The van der Waals surface area contributed by atoms with Gasteiger partial charge in [0.15, 0.2) is 0 Å². The maximum Gasteiger partial charge on any atom is 0.313 e. The molecule has 7 nitrogen and oxygen atoms in total. The Kier molecular flexibility index (Phi) is 7.07. The molecule has 0 bridgehead atoms. The van der Waals surface area contributed by atoms with E-state index in [-0.39, 0.29) is 0 Å². The summed E-state index contributed by atoms with van der Waals surface area (Å²) in [7, 11) is 3.42. The van der Waals surface area contributed by atoms with Crippen molar-refractivity contribution in [1.82, 2.24) is 14.9 Å².